The molecule has 1 N–H and O–H groups in total. The van der Waals surface area contributed by atoms with Gasteiger partial charge in [-0.3, -0.25) is 9.52 Å². The molecule has 46 heavy (non-hydrogen) atoms. The van der Waals surface area contributed by atoms with Crippen LogP contribution in [0.25, 0.3) is 22.1 Å². The molecule has 1 saturated carbocycles. The number of fused-ring (bicyclic) bond motifs is 2. The molecule has 1 amide bonds. The Morgan fingerprint density at radius 2 is 1.87 bits per heavy atom. The Balaban J connectivity index is 1.13. The first-order chi connectivity index (χ1) is 21.9. The van der Waals surface area contributed by atoms with Gasteiger partial charge >= 0.3 is 16.4 Å². The van der Waals surface area contributed by atoms with Crippen LogP contribution >= 0.6 is 0 Å². The summed E-state index contributed by atoms with van der Waals surface area (Å²) in [4.78, 5) is 14.5. The molecule has 3 fully saturated rings. The van der Waals surface area contributed by atoms with E-state index in [2.05, 4.69) is 9.88 Å². The van der Waals surface area contributed by atoms with Gasteiger partial charge in [-0.2, -0.15) is 25.9 Å². The van der Waals surface area contributed by atoms with E-state index in [1.165, 1.54) is 34.5 Å². The zero-order valence-electron chi connectivity index (χ0n) is 24.4. The van der Waals surface area contributed by atoms with Crippen LogP contribution in [0.1, 0.15) is 36.3 Å². The molecule has 10 nitrogen and oxygen atoms in total. The summed E-state index contributed by atoms with van der Waals surface area (Å²) in [7, 11) is -2.82. The zero-order chi connectivity index (χ0) is 32.4. The number of alkyl halides is 3. The van der Waals surface area contributed by atoms with Crippen molar-refractivity contribution in [2.24, 2.45) is 0 Å². The first kappa shape index (κ1) is 30.4. The number of amides is 1. The molecular weight excluding hydrogens is 632 g/mol. The lowest BCUT2D eigenvalue weighted by Gasteiger charge is -2.46. The van der Waals surface area contributed by atoms with Crippen LogP contribution in [0.2, 0.25) is 0 Å². The number of piperidine rings is 1. The number of carbonyl (C=O) groups excluding carboxylic acids is 1. The standard InChI is InChI=1S/C31H28F4N4O6S/c1-43-27-13-21(19-3-2-4-20(11-19)31(33,34)35)23(32)14-25(27)39-24-9-10-38(15-28(24)44-16-29(39)40)46(41,42)37-30-22-12-18(17-5-6-17)7-8-26(22)45-36-30/h2-4,7-8,11-14,17,24,28H,5-6,9-10,15-16H2,1H3,(H,36,37)/t24-,28-/m0/s1. The lowest BCUT2D eigenvalue weighted by molar-refractivity contribution is -0.137. The van der Waals surface area contributed by atoms with Crippen LogP contribution in [-0.2, 0) is 25.9 Å². The van der Waals surface area contributed by atoms with Gasteiger partial charge in [0.25, 0.3) is 5.91 Å². The quantitative estimate of drug-likeness (QED) is 0.253. The third kappa shape index (κ3) is 5.56. The molecule has 3 aromatic carbocycles. The van der Waals surface area contributed by atoms with E-state index < -0.39 is 52.4 Å². The number of ether oxygens (including phenoxy) is 2. The number of aromatic nitrogens is 1. The molecule has 2 atom stereocenters. The molecule has 2 saturated heterocycles. The number of anilines is 2. The van der Waals surface area contributed by atoms with Gasteiger partial charge in [0.1, 0.15) is 18.2 Å². The Bertz CT molecular complexity index is 1940. The van der Waals surface area contributed by atoms with E-state index in [4.69, 9.17) is 14.0 Å². The SMILES string of the molecule is COc1cc(-c2cccc(C(F)(F)F)c2)c(F)cc1N1C(=O)CO[C@H]2CN(S(=O)(=O)Nc3noc4ccc(C5CC5)cc34)CC[C@@H]21. The summed E-state index contributed by atoms with van der Waals surface area (Å²) < 4.78 is 103. The Kier molecular flexibility index (Phi) is 7.44. The average molecular weight is 661 g/mol. The van der Waals surface area contributed by atoms with Crippen LogP contribution < -0.4 is 14.4 Å². The van der Waals surface area contributed by atoms with Crippen molar-refractivity contribution in [3.8, 4) is 16.9 Å². The first-order valence-electron chi connectivity index (χ1n) is 14.6. The zero-order valence-corrected chi connectivity index (χ0v) is 25.2. The summed E-state index contributed by atoms with van der Waals surface area (Å²) in [5.41, 5.74) is 0.514. The largest absolute Gasteiger partial charge is 0.495 e. The normalized spacial score (nSPS) is 21.0. The van der Waals surface area contributed by atoms with Crippen LogP contribution in [0.3, 0.4) is 0 Å². The molecule has 1 aromatic heterocycles. The summed E-state index contributed by atoms with van der Waals surface area (Å²) in [6.45, 7) is -0.514. The summed E-state index contributed by atoms with van der Waals surface area (Å²) in [5, 5.41) is 4.48. The number of morpholine rings is 1. The lowest BCUT2D eigenvalue weighted by atomic mass is 9.97. The number of hydrogen-bond acceptors (Lipinski definition) is 7. The van der Waals surface area contributed by atoms with Crippen molar-refractivity contribution < 1.29 is 44.8 Å². The second kappa shape index (κ2) is 11.2. The van der Waals surface area contributed by atoms with Crippen molar-refractivity contribution in [3.05, 3.63) is 71.5 Å². The van der Waals surface area contributed by atoms with Gasteiger partial charge in [-0.1, -0.05) is 23.4 Å². The molecule has 0 bridgehead atoms. The summed E-state index contributed by atoms with van der Waals surface area (Å²) in [6, 6.07) is 11.5. The molecule has 3 heterocycles. The monoisotopic (exact) mass is 660 g/mol. The molecule has 3 aliphatic rings. The molecule has 7 rings (SSSR count). The van der Waals surface area contributed by atoms with Gasteiger partial charge in [-0.15, -0.1) is 0 Å². The number of benzene rings is 3. The highest BCUT2D eigenvalue weighted by Gasteiger charge is 2.45. The second-order valence-corrected chi connectivity index (χ2v) is 13.2. The highest BCUT2D eigenvalue weighted by molar-refractivity contribution is 7.90. The van der Waals surface area contributed by atoms with Crippen LogP contribution in [0.5, 0.6) is 5.75 Å². The highest BCUT2D eigenvalue weighted by Crippen LogP contribution is 2.43. The Morgan fingerprint density at radius 1 is 1.07 bits per heavy atom. The Labute approximate surface area is 261 Å². The van der Waals surface area contributed by atoms with Crippen molar-refractivity contribution in [2.45, 2.75) is 43.5 Å². The smallest absolute Gasteiger partial charge is 0.416 e. The van der Waals surface area contributed by atoms with E-state index in [1.807, 2.05) is 12.1 Å². The molecular formula is C31H28F4N4O6S. The summed E-state index contributed by atoms with van der Waals surface area (Å²) in [6.07, 6.45) is -3.10. The van der Waals surface area contributed by atoms with Gasteiger partial charge in [-0.05, 0) is 66.6 Å². The van der Waals surface area contributed by atoms with Crippen molar-refractivity contribution in [2.75, 3.05) is 36.4 Å². The number of rotatable bonds is 7. The van der Waals surface area contributed by atoms with Gasteiger partial charge in [0, 0.05) is 24.7 Å². The minimum atomic E-state index is -4.62. The number of nitrogens with one attached hydrogen (secondary N) is 1. The van der Waals surface area contributed by atoms with Crippen molar-refractivity contribution in [1.29, 1.82) is 0 Å². The van der Waals surface area contributed by atoms with E-state index in [-0.39, 0.29) is 47.9 Å². The summed E-state index contributed by atoms with van der Waals surface area (Å²) >= 11 is 0. The van der Waals surface area contributed by atoms with E-state index in [9.17, 15) is 26.4 Å². The molecule has 0 spiro atoms. The maximum absolute atomic E-state index is 15.6. The van der Waals surface area contributed by atoms with Crippen LogP contribution in [0.4, 0.5) is 29.1 Å². The highest BCUT2D eigenvalue weighted by atomic mass is 32.2. The van der Waals surface area contributed by atoms with Gasteiger partial charge in [-0.25, -0.2) is 4.39 Å². The number of halogens is 4. The average Bonchev–Trinajstić information content (AvgIpc) is 3.81. The van der Waals surface area contributed by atoms with Gasteiger partial charge < -0.3 is 18.9 Å². The molecule has 1 aliphatic carbocycles. The number of carbonyl (C=O) groups is 1. The number of methoxy groups -OCH3 is 1. The van der Waals surface area contributed by atoms with Crippen molar-refractivity contribution >= 4 is 38.6 Å². The van der Waals surface area contributed by atoms with E-state index >= 15 is 4.39 Å². The lowest BCUT2D eigenvalue weighted by Crippen LogP contribution is -2.62. The van der Waals surface area contributed by atoms with Gasteiger partial charge in [0.05, 0.1) is 35.9 Å². The van der Waals surface area contributed by atoms with Gasteiger partial charge in [0.2, 0.25) is 0 Å². The van der Waals surface area contributed by atoms with Crippen molar-refractivity contribution in [1.82, 2.24) is 9.46 Å². The molecule has 2 aliphatic heterocycles. The van der Waals surface area contributed by atoms with Gasteiger partial charge in [0.15, 0.2) is 11.4 Å². The van der Waals surface area contributed by atoms with E-state index in [0.717, 1.165) is 36.6 Å². The second-order valence-electron chi connectivity index (χ2n) is 11.6. The van der Waals surface area contributed by atoms with Crippen molar-refractivity contribution in [3.63, 3.8) is 0 Å². The predicted molar refractivity (Wildman–Crippen MR) is 159 cm³/mol. The molecule has 242 valence electrons. The van der Waals surface area contributed by atoms with Crippen LogP contribution in [-0.4, -0.2) is 62.7 Å². The minimum absolute atomic E-state index is 0.000135. The fourth-order valence-electron chi connectivity index (χ4n) is 6.17. The number of hydrogen-bond donors (Lipinski definition) is 1. The Hall–Kier alpha value is -4.21. The fraction of sp³-hybridized carbons (Fsp3) is 0.355. The van der Waals surface area contributed by atoms with E-state index in [1.54, 1.807) is 6.07 Å². The Morgan fingerprint density at radius 3 is 2.61 bits per heavy atom. The first-order valence-corrected chi connectivity index (χ1v) is 16.0. The maximum atomic E-state index is 15.6. The third-order valence-corrected chi connectivity index (χ3v) is 10.1. The minimum Gasteiger partial charge on any atom is -0.495 e. The number of nitrogens with zero attached hydrogens (tertiary/aromatic N) is 3. The molecule has 4 aromatic rings. The predicted octanol–water partition coefficient (Wildman–Crippen LogP) is 5.70. The van der Waals surface area contributed by atoms with E-state index in [0.29, 0.717) is 16.9 Å². The molecule has 15 heteroatoms. The summed E-state index contributed by atoms with van der Waals surface area (Å²) in [5.74, 6) is -0.786. The molecule has 0 unspecified atom stereocenters. The molecule has 0 radical (unpaired) electrons. The third-order valence-electron chi connectivity index (χ3n) is 8.65. The topological polar surface area (TPSA) is 114 Å². The fourth-order valence-corrected chi connectivity index (χ4v) is 7.37. The maximum Gasteiger partial charge on any atom is 0.416 e. The van der Waals surface area contributed by atoms with Crippen LogP contribution in [0.15, 0.2) is 59.1 Å². The van der Waals surface area contributed by atoms with Crippen LogP contribution in [0, 0.1) is 5.82 Å².